The van der Waals surface area contributed by atoms with Gasteiger partial charge in [-0.25, -0.2) is 0 Å². The van der Waals surface area contributed by atoms with E-state index >= 15 is 0 Å². The summed E-state index contributed by atoms with van der Waals surface area (Å²) in [5, 5.41) is 8.34. The standard InChI is InChI=1S/C19H22N4O2/c24-18-7-6-17(19(25)21-18)22-10-12-2-1-3-16(15(12)11-22)23-13-4-5-14(23)9-20-8-13/h1-3,10-11,13-14,17,20H,4-9H2,(H,21,24,25)/t13-,14+,17?. The van der Waals surface area contributed by atoms with Crippen molar-refractivity contribution in [3.63, 3.8) is 0 Å². The van der Waals surface area contributed by atoms with Crippen molar-refractivity contribution in [1.29, 1.82) is 0 Å². The van der Waals surface area contributed by atoms with Gasteiger partial charge in [-0.15, -0.1) is 0 Å². The lowest BCUT2D eigenvalue weighted by Crippen LogP contribution is -2.52. The van der Waals surface area contributed by atoms with Gasteiger partial charge in [0, 0.05) is 60.4 Å². The Morgan fingerprint density at radius 3 is 2.56 bits per heavy atom. The number of anilines is 1. The quantitative estimate of drug-likeness (QED) is 0.816. The third-order valence-corrected chi connectivity index (χ3v) is 5.91. The zero-order valence-corrected chi connectivity index (χ0v) is 14.1. The van der Waals surface area contributed by atoms with Crippen LogP contribution in [-0.2, 0) is 9.59 Å². The van der Waals surface area contributed by atoms with Gasteiger partial charge in [-0.2, -0.15) is 0 Å². The van der Waals surface area contributed by atoms with Crippen LogP contribution in [0.1, 0.15) is 31.7 Å². The zero-order chi connectivity index (χ0) is 17.0. The molecule has 0 radical (unpaired) electrons. The molecule has 3 saturated heterocycles. The molecule has 2 aromatic rings. The first-order valence-corrected chi connectivity index (χ1v) is 9.13. The number of aromatic nitrogens is 1. The molecule has 0 aliphatic carbocycles. The van der Waals surface area contributed by atoms with E-state index in [4.69, 9.17) is 0 Å². The SMILES string of the molecule is O=C1CCC(n2cc3cccc(N4[C@@H]5CC[C@H]4CNC5)c3c2)C(=O)N1. The summed E-state index contributed by atoms with van der Waals surface area (Å²) in [7, 11) is 0. The molecule has 4 heterocycles. The average Bonchev–Trinajstić information content (AvgIpc) is 3.12. The molecule has 2 N–H and O–H groups in total. The minimum absolute atomic E-state index is 0.170. The fourth-order valence-electron chi connectivity index (χ4n) is 4.71. The Kier molecular flexibility index (Phi) is 3.35. The van der Waals surface area contributed by atoms with Crippen molar-refractivity contribution in [1.82, 2.24) is 15.2 Å². The molecule has 25 heavy (non-hydrogen) atoms. The van der Waals surface area contributed by atoms with Crippen LogP contribution in [0.3, 0.4) is 0 Å². The molecule has 1 aromatic carbocycles. The summed E-state index contributed by atoms with van der Waals surface area (Å²) in [4.78, 5) is 26.2. The normalized spacial score (nSPS) is 29.3. The summed E-state index contributed by atoms with van der Waals surface area (Å²) in [6.45, 7) is 2.08. The van der Waals surface area contributed by atoms with Crippen LogP contribution in [0.25, 0.3) is 10.8 Å². The number of piperidine rings is 1. The van der Waals surface area contributed by atoms with E-state index in [9.17, 15) is 9.59 Å². The van der Waals surface area contributed by atoms with E-state index in [-0.39, 0.29) is 17.9 Å². The van der Waals surface area contributed by atoms with Gasteiger partial charge in [-0.1, -0.05) is 12.1 Å². The van der Waals surface area contributed by atoms with Gasteiger partial charge >= 0.3 is 0 Å². The van der Waals surface area contributed by atoms with E-state index in [2.05, 4.69) is 39.9 Å². The number of benzene rings is 1. The molecule has 3 atom stereocenters. The second-order valence-corrected chi connectivity index (χ2v) is 7.40. The maximum atomic E-state index is 12.2. The molecule has 1 unspecified atom stereocenters. The van der Waals surface area contributed by atoms with E-state index in [0.29, 0.717) is 24.9 Å². The van der Waals surface area contributed by atoms with Crippen molar-refractivity contribution in [2.24, 2.45) is 0 Å². The van der Waals surface area contributed by atoms with Crippen molar-refractivity contribution in [3.05, 3.63) is 30.6 Å². The topological polar surface area (TPSA) is 66.4 Å². The number of rotatable bonds is 2. The van der Waals surface area contributed by atoms with Gasteiger partial charge in [0.05, 0.1) is 0 Å². The van der Waals surface area contributed by atoms with E-state index in [1.807, 2.05) is 10.8 Å². The van der Waals surface area contributed by atoms with Gasteiger partial charge in [-0.3, -0.25) is 14.9 Å². The Morgan fingerprint density at radius 1 is 1.00 bits per heavy atom. The lowest BCUT2D eigenvalue weighted by atomic mass is 10.1. The number of carbonyl (C=O) groups excluding carboxylic acids is 2. The molecular formula is C19H22N4O2. The van der Waals surface area contributed by atoms with Crippen molar-refractivity contribution in [2.45, 2.75) is 43.8 Å². The number of amides is 2. The molecule has 5 rings (SSSR count). The summed E-state index contributed by atoms with van der Waals surface area (Å²) >= 11 is 0. The predicted octanol–water partition coefficient (Wildman–Crippen LogP) is 1.56. The van der Waals surface area contributed by atoms with Crippen molar-refractivity contribution >= 4 is 28.3 Å². The molecule has 3 aliphatic rings. The van der Waals surface area contributed by atoms with Crippen LogP contribution in [0, 0.1) is 0 Å². The third kappa shape index (κ3) is 2.35. The number of hydrogen-bond acceptors (Lipinski definition) is 4. The summed E-state index contributed by atoms with van der Waals surface area (Å²) in [6.07, 6.45) is 7.58. The number of imide groups is 1. The Morgan fingerprint density at radius 2 is 1.80 bits per heavy atom. The minimum Gasteiger partial charge on any atom is -0.362 e. The number of hydrogen-bond donors (Lipinski definition) is 2. The van der Waals surface area contributed by atoms with Crippen LogP contribution >= 0.6 is 0 Å². The number of carbonyl (C=O) groups is 2. The smallest absolute Gasteiger partial charge is 0.249 e. The van der Waals surface area contributed by atoms with Crippen LogP contribution < -0.4 is 15.5 Å². The highest BCUT2D eigenvalue weighted by molar-refractivity contribution is 6.00. The predicted molar refractivity (Wildman–Crippen MR) is 95.5 cm³/mol. The second-order valence-electron chi connectivity index (χ2n) is 7.40. The van der Waals surface area contributed by atoms with Crippen molar-refractivity contribution in [2.75, 3.05) is 18.0 Å². The molecule has 2 amide bonds. The molecule has 0 saturated carbocycles. The molecule has 6 nitrogen and oxygen atoms in total. The average molecular weight is 338 g/mol. The molecule has 0 spiro atoms. The molecule has 2 bridgehead atoms. The highest BCUT2D eigenvalue weighted by Gasteiger charge is 2.37. The van der Waals surface area contributed by atoms with E-state index in [1.165, 1.54) is 23.9 Å². The van der Waals surface area contributed by atoms with Gasteiger partial charge in [0.2, 0.25) is 11.8 Å². The van der Waals surface area contributed by atoms with Crippen LogP contribution in [0.4, 0.5) is 5.69 Å². The van der Waals surface area contributed by atoms with Crippen molar-refractivity contribution < 1.29 is 9.59 Å². The molecule has 130 valence electrons. The summed E-state index contributed by atoms with van der Waals surface area (Å²) in [6, 6.07) is 7.23. The minimum atomic E-state index is -0.294. The molecule has 1 aromatic heterocycles. The summed E-state index contributed by atoms with van der Waals surface area (Å²) in [5.74, 6) is -0.364. The van der Waals surface area contributed by atoms with Gasteiger partial charge in [0.1, 0.15) is 6.04 Å². The highest BCUT2D eigenvalue weighted by atomic mass is 16.2. The Labute approximate surface area is 146 Å². The second kappa shape index (κ2) is 5.59. The lowest BCUT2D eigenvalue weighted by Gasteiger charge is -2.37. The first-order valence-electron chi connectivity index (χ1n) is 9.13. The first kappa shape index (κ1) is 15.0. The monoisotopic (exact) mass is 338 g/mol. The number of fused-ring (bicyclic) bond motifs is 3. The molecular weight excluding hydrogens is 316 g/mol. The van der Waals surface area contributed by atoms with Gasteiger partial charge in [-0.05, 0) is 25.3 Å². The van der Waals surface area contributed by atoms with Crippen molar-refractivity contribution in [3.8, 4) is 0 Å². The Hall–Kier alpha value is -2.34. The highest BCUT2D eigenvalue weighted by Crippen LogP contribution is 2.37. The van der Waals surface area contributed by atoms with Gasteiger partial charge in [0.25, 0.3) is 0 Å². The molecule has 3 fully saturated rings. The maximum Gasteiger partial charge on any atom is 0.249 e. The Balaban J connectivity index is 1.55. The third-order valence-electron chi connectivity index (χ3n) is 5.91. The van der Waals surface area contributed by atoms with Crippen LogP contribution in [0.15, 0.2) is 30.6 Å². The van der Waals surface area contributed by atoms with Gasteiger partial charge < -0.3 is 14.8 Å². The number of nitrogens with one attached hydrogen (secondary N) is 2. The Bertz CT molecular complexity index is 842. The number of nitrogens with zero attached hydrogens (tertiary/aromatic N) is 2. The van der Waals surface area contributed by atoms with Crippen LogP contribution in [0.2, 0.25) is 0 Å². The van der Waals surface area contributed by atoms with Crippen LogP contribution in [0.5, 0.6) is 0 Å². The zero-order valence-electron chi connectivity index (χ0n) is 14.1. The summed E-state index contributed by atoms with van der Waals surface area (Å²) < 4.78 is 1.99. The van der Waals surface area contributed by atoms with Crippen LogP contribution in [-0.4, -0.2) is 41.6 Å². The van der Waals surface area contributed by atoms with E-state index in [0.717, 1.165) is 18.5 Å². The van der Waals surface area contributed by atoms with E-state index < -0.39 is 0 Å². The number of piperazine rings is 1. The lowest BCUT2D eigenvalue weighted by molar-refractivity contribution is -0.135. The first-order chi connectivity index (χ1) is 12.2. The van der Waals surface area contributed by atoms with Gasteiger partial charge in [0.15, 0.2) is 0 Å². The molecule has 3 aliphatic heterocycles. The fraction of sp³-hybridized carbons (Fsp3) is 0.474. The fourth-order valence-corrected chi connectivity index (χ4v) is 4.71. The maximum absolute atomic E-state index is 12.2. The summed E-state index contributed by atoms with van der Waals surface area (Å²) in [5.41, 5.74) is 1.28. The van der Waals surface area contributed by atoms with E-state index in [1.54, 1.807) is 0 Å². The largest absolute Gasteiger partial charge is 0.362 e. The molecule has 6 heteroatoms.